The zero-order valence-corrected chi connectivity index (χ0v) is 15.2. The monoisotopic (exact) mass is 318 g/mol. The first-order valence-electron chi connectivity index (χ1n) is 7.90. The molecule has 126 valence electrons. The minimum Gasteiger partial charge on any atom is -0.399 e. The second kappa shape index (κ2) is 6.26. The molecule has 0 unspecified atom stereocenters. The maximum atomic E-state index is 12.1. The van der Waals surface area contributed by atoms with Crippen LogP contribution in [0.1, 0.15) is 27.7 Å². The van der Waals surface area contributed by atoms with Crippen molar-refractivity contribution in [1.29, 1.82) is 0 Å². The first-order valence-corrected chi connectivity index (χ1v) is 7.90. The van der Waals surface area contributed by atoms with E-state index in [0.29, 0.717) is 6.54 Å². The lowest BCUT2D eigenvalue weighted by Crippen LogP contribution is -2.41. The van der Waals surface area contributed by atoms with Crippen LogP contribution in [0.3, 0.4) is 0 Å². The smallest absolute Gasteiger partial charge is 0.399 e. The van der Waals surface area contributed by atoms with Crippen molar-refractivity contribution in [3.05, 3.63) is 24.3 Å². The van der Waals surface area contributed by atoms with Gasteiger partial charge < -0.3 is 19.1 Å². The van der Waals surface area contributed by atoms with Crippen molar-refractivity contribution in [3.63, 3.8) is 0 Å². The average molecular weight is 318 g/mol. The van der Waals surface area contributed by atoms with Crippen molar-refractivity contribution in [2.45, 2.75) is 38.9 Å². The van der Waals surface area contributed by atoms with Gasteiger partial charge in [-0.25, -0.2) is 0 Å². The maximum absolute atomic E-state index is 12.1. The van der Waals surface area contributed by atoms with Gasteiger partial charge >= 0.3 is 7.12 Å². The van der Waals surface area contributed by atoms with Crippen molar-refractivity contribution in [2.75, 3.05) is 32.6 Å². The molecule has 1 saturated heterocycles. The molecule has 2 rings (SSSR count). The number of hydrogen-bond donors (Lipinski definition) is 0. The largest absolute Gasteiger partial charge is 0.494 e. The third kappa shape index (κ3) is 3.76. The first-order chi connectivity index (χ1) is 10.5. The first kappa shape index (κ1) is 18.0. The maximum Gasteiger partial charge on any atom is 0.494 e. The number of amides is 1. The van der Waals surface area contributed by atoms with Crippen LogP contribution in [0.25, 0.3) is 0 Å². The van der Waals surface area contributed by atoms with Gasteiger partial charge in [-0.15, -0.1) is 0 Å². The van der Waals surface area contributed by atoms with Gasteiger partial charge in [-0.3, -0.25) is 4.79 Å². The molecule has 0 saturated carbocycles. The third-order valence-electron chi connectivity index (χ3n) is 4.63. The van der Waals surface area contributed by atoms with Crippen molar-refractivity contribution in [3.8, 4) is 0 Å². The van der Waals surface area contributed by atoms with Crippen LogP contribution in [0.15, 0.2) is 24.3 Å². The highest BCUT2D eigenvalue weighted by molar-refractivity contribution is 6.62. The number of nitrogens with zero attached hydrogens (tertiary/aromatic N) is 2. The van der Waals surface area contributed by atoms with Gasteiger partial charge in [0.1, 0.15) is 0 Å². The minimum atomic E-state index is -0.378. The highest BCUT2D eigenvalue weighted by Gasteiger charge is 2.51. The van der Waals surface area contributed by atoms with E-state index in [-0.39, 0.29) is 24.2 Å². The summed E-state index contributed by atoms with van der Waals surface area (Å²) in [6.45, 7) is 8.53. The summed E-state index contributed by atoms with van der Waals surface area (Å²) >= 11 is 0. The van der Waals surface area contributed by atoms with Crippen LogP contribution < -0.4 is 10.4 Å². The number of carbonyl (C=O) groups excluding carboxylic acids is 1. The Morgan fingerprint density at radius 3 is 1.91 bits per heavy atom. The number of carbonyl (C=O) groups is 1. The molecule has 1 aliphatic heterocycles. The van der Waals surface area contributed by atoms with E-state index in [2.05, 4.69) is 0 Å². The Hall–Kier alpha value is -1.37. The summed E-state index contributed by atoms with van der Waals surface area (Å²) < 4.78 is 12.1. The molecular formula is C17H27BN2O3. The van der Waals surface area contributed by atoms with Crippen LogP contribution in [-0.2, 0) is 14.1 Å². The van der Waals surface area contributed by atoms with E-state index in [1.54, 1.807) is 11.9 Å². The molecule has 0 spiro atoms. The number of benzene rings is 1. The molecule has 0 aliphatic carbocycles. The number of anilines is 1. The molecule has 1 fully saturated rings. The molecule has 1 heterocycles. The normalized spacial score (nSPS) is 19.2. The molecule has 1 aromatic carbocycles. The summed E-state index contributed by atoms with van der Waals surface area (Å²) in [5, 5.41) is 0. The van der Waals surface area contributed by atoms with Gasteiger partial charge in [0.25, 0.3) is 0 Å². The Balaban J connectivity index is 2.10. The molecule has 0 atom stereocenters. The quantitative estimate of drug-likeness (QED) is 0.789. The van der Waals surface area contributed by atoms with E-state index in [1.807, 2.05) is 71.0 Å². The fourth-order valence-corrected chi connectivity index (χ4v) is 2.35. The van der Waals surface area contributed by atoms with E-state index < -0.39 is 0 Å². The van der Waals surface area contributed by atoms with Gasteiger partial charge in [-0.1, -0.05) is 12.1 Å². The lowest BCUT2D eigenvalue weighted by atomic mass is 9.79. The van der Waals surface area contributed by atoms with E-state index in [1.165, 1.54) is 0 Å². The predicted octanol–water partition coefficient (Wildman–Crippen LogP) is 1.51. The van der Waals surface area contributed by atoms with Crippen LogP contribution in [0.4, 0.5) is 5.69 Å². The summed E-state index contributed by atoms with van der Waals surface area (Å²) in [7, 11) is 5.17. The van der Waals surface area contributed by atoms with E-state index in [4.69, 9.17) is 9.31 Å². The van der Waals surface area contributed by atoms with Crippen molar-refractivity contribution in [1.82, 2.24) is 4.90 Å². The van der Waals surface area contributed by atoms with E-state index in [9.17, 15) is 4.79 Å². The van der Waals surface area contributed by atoms with Gasteiger partial charge in [0, 0.05) is 12.7 Å². The Morgan fingerprint density at radius 2 is 1.48 bits per heavy atom. The van der Waals surface area contributed by atoms with Crippen LogP contribution in [0.2, 0.25) is 0 Å². The van der Waals surface area contributed by atoms with Crippen molar-refractivity contribution < 1.29 is 14.1 Å². The van der Waals surface area contributed by atoms with Crippen molar-refractivity contribution >= 4 is 24.2 Å². The second-order valence-electron chi connectivity index (χ2n) is 7.37. The Morgan fingerprint density at radius 1 is 1.00 bits per heavy atom. The SMILES string of the molecule is CN(C)CC(=O)N(C)c1ccc(B2OC(C)(C)C(C)(C)O2)cc1. The lowest BCUT2D eigenvalue weighted by Gasteiger charge is -2.32. The van der Waals surface area contributed by atoms with Gasteiger partial charge in [0.2, 0.25) is 5.91 Å². The molecule has 0 N–H and O–H groups in total. The van der Waals surface area contributed by atoms with Crippen LogP contribution in [0.5, 0.6) is 0 Å². The summed E-state index contributed by atoms with van der Waals surface area (Å²) in [5.41, 5.74) is 1.11. The Bertz CT molecular complexity index is 554. The fraction of sp³-hybridized carbons (Fsp3) is 0.588. The molecule has 0 aromatic heterocycles. The number of rotatable bonds is 4. The molecule has 1 aromatic rings. The standard InChI is InChI=1S/C17H27BN2O3/c1-16(2)17(3,4)23-18(22-16)13-8-10-14(11-9-13)20(7)15(21)12-19(5)6/h8-11H,12H2,1-7H3. The summed E-state index contributed by atoms with van der Waals surface area (Å²) in [6, 6.07) is 7.76. The summed E-state index contributed by atoms with van der Waals surface area (Å²) in [4.78, 5) is 15.6. The van der Waals surface area contributed by atoms with Gasteiger partial charge in [-0.2, -0.15) is 0 Å². The van der Waals surface area contributed by atoms with E-state index >= 15 is 0 Å². The summed E-state index contributed by atoms with van der Waals surface area (Å²) in [6.07, 6.45) is 0. The fourth-order valence-electron chi connectivity index (χ4n) is 2.35. The van der Waals surface area contributed by atoms with Crippen LogP contribution in [-0.4, -0.2) is 56.8 Å². The third-order valence-corrected chi connectivity index (χ3v) is 4.63. The Labute approximate surface area is 139 Å². The van der Waals surface area contributed by atoms with Crippen LogP contribution >= 0.6 is 0 Å². The number of likely N-dealkylation sites (N-methyl/N-ethyl adjacent to an activating group) is 2. The van der Waals surface area contributed by atoms with Gasteiger partial charge in [0.15, 0.2) is 0 Å². The Kier molecular flexibility index (Phi) is 4.90. The van der Waals surface area contributed by atoms with E-state index in [0.717, 1.165) is 11.2 Å². The molecule has 0 radical (unpaired) electrons. The molecule has 23 heavy (non-hydrogen) atoms. The topological polar surface area (TPSA) is 42.0 Å². The van der Waals surface area contributed by atoms with Gasteiger partial charge in [0.05, 0.1) is 17.7 Å². The molecule has 0 bridgehead atoms. The molecule has 6 heteroatoms. The molecule has 1 amide bonds. The highest BCUT2D eigenvalue weighted by Crippen LogP contribution is 2.36. The minimum absolute atomic E-state index is 0.0541. The zero-order chi connectivity index (χ0) is 17.4. The number of hydrogen-bond acceptors (Lipinski definition) is 4. The van der Waals surface area contributed by atoms with Gasteiger partial charge in [-0.05, 0) is 59.4 Å². The lowest BCUT2D eigenvalue weighted by molar-refractivity contribution is -0.118. The van der Waals surface area contributed by atoms with Crippen molar-refractivity contribution in [2.24, 2.45) is 0 Å². The molecule has 1 aliphatic rings. The average Bonchev–Trinajstić information content (AvgIpc) is 2.66. The summed E-state index contributed by atoms with van der Waals surface area (Å²) in [5.74, 6) is 0.0541. The predicted molar refractivity (Wildman–Crippen MR) is 94.1 cm³/mol. The second-order valence-corrected chi connectivity index (χ2v) is 7.37. The molecular weight excluding hydrogens is 291 g/mol. The molecule has 5 nitrogen and oxygen atoms in total. The zero-order valence-electron chi connectivity index (χ0n) is 15.2. The van der Waals surface area contributed by atoms with Crippen LogP contribution in [0, 0.1) is 0 Å². The highest BCUT2D eigenvalue weighted by atomic mass is 16.7.